The Hall–Kier alpha value is -2.14. The number of carboxylic acid groups (broad SMARTS) is 1. The first kappa shape index (κ1) is 21.9. The summed E-state index contributed by atoms with van der Waals surface area (Å²) in [5.41, 5.74) is -1.14. The fraction of sp³-hybridized carbons (Fsp3) is 0.467. The standard InChI is InChI=1S/C15H19F3N2O5S/c1-3-10(2)20(9-14(22)23)13(21)8-19-26(24,25)12-6-4-5-11(7-12)15(16,17)18/h4-7,10,19H,3,8-9H2,1-2H3,(H,22,23). The molecule has 0 aliphatic carbocycles. The van der Waals surface area contributed by atoms with Crippen LogP contribution in [0.3, 0.4) is 0 Å². The Balaban J connectivity index is 2.93. The molecule has 1 aromatic rings. The number of amides is 1. The first-order valence-electron chi connectivity index (χ1n) is 7.56. The minimum Gasteiger partial charge on any atom is -0.480 e. The number of halogens is 3. The van der Waals surface area contributed by atoms with Crippen molar-refractivity contribution in [3.63, 3.8) is 0 Å². The van der Waals surface area contributed by atoms with Gasteiger partial charge in [0.05, 0.1) is 17.0 Å². The Kier molecular flexibility index (Phi) is 7.16. The van der Waals surface area contributed by atoms with E-state index in [-0.39, 0.29) is 0 Å². The summed E-state index contributed by atoms with van der Waals surface area (Å²) in [5, 5.41) is 8.85. The van der Waals surface area contributed by atoms with Crippen LogP contribution in [0, 0.1) is 0 Å². The maximum atomic E-state index is 12.7. The van der Waals surface area contributed by atoms with E-state index in [4.69, 9.17) is 5.11 Å². The van der Waals surface area contributed by atoms with Crippen LogP contribution in [-0.4, -0.2) is 49.4 Å². The molecule has 0 aromatic heterocycles. The van der Waals surface area contributed by atoms with Crippen molar-refractivity contribution in [2.45, 2.75) is 37.4 Å². The highest BCUT2D eigenvalue weighted by molar-refractivity contribution is 7.89. The summed E-state index contributed by atoms with van der Waals surface area (Å²) in [4.78, 5) is 23.3. The molecule has 1 rings (SSSR count). The number of carbonyl (C=O) groups excluding carboxylic acids is 1. The number of hydrogen-bond donors (Lipinski definition) is 2. The second kappa shape index (κ2) is 8.49. The van der Waals surface area contributed by atoms with Gasteiger partial charge in [-0.3, -0.25) is 9.59 Å². The molecule has 0 spiro atoms. The lowest BCUT2D eigenvalue weighted by atomic mass is 10.2. The predicted octanol–water partition coefficient (Wildman–Crippen LogP) is 1.70. The second-order valence-electron chi connectivity index (χ2n) is 5.52. The molecule has 7 nitrogen and oxygen atoms in total. The smallest absolute Gasteiger partial charge is 0.416 e. The zero-order valence-electron chi connectivity index (χ0n) is 14.1. The summed E-state index contributed by atoms with van der Waals surface area (Å²) < 4.78 is 64.3. The average molecular weight is 396 g/mol. The van der Waals surface area contributed by atoms with E-state index in [2.05, 4.69) is 0 Å². The van der Waals surface area contributed by atoms with Crippen LogP contribution in [0.4, 0.5) is 13.2 Å². The lowest BCUT2D eigenvalue weighted by Gasteiger charge is -2.27. The largest absolute Gasteiger partial charge is 0.480 e. The van der Waals surface area contributed by atoms with E-state index in [1.165, 1.54) is 0 Å². The van der Waals surface area contributed by atoms with Crippen LogP contribution >= 0.6 is 0 Å². The molecule has 0 saturated heterocycles. The van der Waals surface area contributed by atoms with E-state index in [9.17, 15) is 31.2 Å². The second-order valence-corrected chi connectivity index (χ2v) is 7.29. The number of sulfonamides is 1. The molecule has 1 atom stereocenters. The number of aliphatic carboxylic acids is 1. The van der Waals surface area contributed by atoms with Gasteiger partial charge in [0, 0.05) is 6.04 Å². The van der Waals surface area contributed by atoms with Gasteiger partial charge in [0.1, 0.15) is 6.54 Å². The molecule has 0 fully saturated rings. The van der Waals surface area contributed by atoms with Crippen LogP contribution < -0.4 is 4.72 Å². The van der Waals surface area contributed by atoms with Crippen LogP contribution in [0.5, 0.6) is 0 Å². The molecule has 2 N–H and O–H groups in total. The van der Waals surface area contributed by atoms with Gasteiger partial charge in [-0.25, -0.2) is 13.1 Å². The maximum absolute atomic E-state index is 12.7. The molecule has 0 aliphatic rings. The van der Waals surface area contributed by atoms with Crippen molar-refractivity contribution in [1.29, 1.82) is 0 Å². The molecule has 0 radical (unpaired) electrons. The molecule has 1 unspecified atom stereocenters. The van der Waals surface area contributed by atoms with Crippen molar-refractivity contribution in [2.24, 2.45) is 0 Å². The third-order valence-electron chi connectivity index (χ3n) is 3.63. The molecular weight excluding hydrogens is 377 g/mol. The van der Waals surface area contributed by atoms with Gasteiger partial charge in [-0.05, 0) is 31.5 Å². The van der Waals surface area contributed by atoms with Crippen LogP contribution in [-0.2, 0) is 25.8 Å². The average Bonchev–Trinajstić information content (AvgIpc) is 2.56. The van der Waals surface area contributed by atoms with Crippen molar-refractivity contribution >= 4 is 21.9 Å². The van der Waals surface area contributed by atoms with Gasteiger partial charge in [0.25, 0.3) is 0 Å². The Bertz CT molecular complexity index is 765. The topological polar surface area (TPSA) is 104 Å². The van der Waals surface area contributed by atoms with Gasteiger partial charge in [0.15, 0.2) is 0 Å². The third-order valence-corrected chi connectivity index (χ3v) is 5.03. The minimum atomic E-state index is -4.71. The highest BCUT2D eigenvalue weighted by Crippen LogP contribution is 2.30. The molecule has 146 valence electrons. The molecule has 1 amide bonds. The highest BCUT2D eigenvalue weighted by atomic mass is 32.2. The van der Waals surface area contributed by atoms with E-state index in [0.29, 0.717) is 12.5 Å². The van der Waals surface area contributed by atoms with Gasteiger partial charge in [-0.15, -0.1) is 0 Å². The number of hydrogen-bond acceptors (Lipinski definition) is 4. The summed E-state index contributed by atoms with van der Waals surface area (Å²) in [5.74, 6) is -2.06. The number of rotatable bonds is 8. The molecule has 0 aliphatic heterocycles. The Morgan fingerprint density at radius 3 is 2.42 bits per heavy atom. The van der Waals surface area contributed by atoms with Gasteiger partial charge in [0.2, 0.25) is 15.9 Å². The SMILES string of the molecule is CCC(C)N(CC(=O)O)C(=O)CNS(=O)(=O)c1cccc(C(F)(F)F)c1. The fourth-order valence-electron chi connectivity index (χ4n) is 2.04. The van der Waals surface area contributed by atoms with Gasteiger partial charge >= 0.3 is 12.1 Å². The van der Waals surface area contributed by atoms with Crippen molar-refractivity contribution in [2.75, 3.05) is 13.1 Å². The highest BCUT2D eigenvalue weighted by Gasteiger charge is 2.32. The van der Waals surface area contributed by atoms with Gasteiger partial charge in [-0.1, -0.05) is 13.0 Å². The molecule has 0 heterocycles. The summed E-state index contributed by atoms with van der Waals surface area (Å²) >= 11 is 0. The zero-order chi connectivity index (χ0) is 20.1. The number of nitrogens with zero attached hydrogens (tertiary/aromatic N) is 1. The maximum Gasteiger partial charge on any atom is 0.416 e. The molecule has 0 saturated carbocycles. The normalized spacial score (nSPS) is 13.3. The predicted molar refractivity (Wildman–Crippen MR) is 85.7 cm³/mol. The Morgan fingerprint density at radius 1 is 1.31 bits per heavy atom. The van der Waals surface area contributed by atoms with E-state index in [1.54, 1.807) is 13.8 Å². The van der Waals surface area contributed by atoms with Crippen LogP contribution in [0.25, 0.3) is 0 Å². The number of nitrogens with one attached hydrogen (secondary N) is 1. The Labute approximate surface area is 148 Å². The molecule has 26 heavy (non-hydrogen) atoms. The minimum absolute atomic E-state index is 0.444. The first-order valence-corrected chi connectivity index (χ1v) is 9.05. The molecule has 0 bridgehead atoms. The lowest BCUT2D eigenvalue weighted by Crippen LogP contribution is -2.46. The quantitative estimate of drug-likeness (QED) is 0.696. The number of benzene rings is 1. The van der Waals surface area contributed by atoms with Crippen molar-refractivity contribution in [3.8, 4) is 0 Å². The van der Waals surface area contributed by atoms with E-state index in [0.717, 1.165) is 23.1 Å². The summed E-state index contributed by atoms with van der Waals surface area (Å²) in [6.07, 6.45) is -4.27. The van der Waals surface area contributed by atoms with E-state index >= 15 is 0 Å². The third kappa shape index (κ3) is 5.99. The monoisotopic (exact) mass is 396 g/mol. The molecule has 1 aromatic carbocycles. The van der Waals surface area contributed by atoms with Crippen LogP contribution in [0.1, 0.15) is 25.8 Å². The van der Waals surface area contributed by atoms with E-state index in [1.807, 2.05) is 4.72 Å². The summed E-state index contributed by atoms with van der Waals surface area (Å²) in [7, 11) is -4.38. The van der Waals surface area contributed by atoms with E-state index < -0.39 is 57.7 Å². The fourth-order valence-corrected chi connectivity index (χ4v) is 3.06. The summed E-state index contributed by atoms with van der Waals surface area (Å²) in [6.45, 7) is 1.94. The zero-order valence-corrected chi connectivity index (χ0v) is 14.9. The molecule has 11 heteroatoms. The van der Waals surface area contributed by atoms with Crippen molar-refractivity contribution < 1.29 is 36.3 Å². The summed E-state index contributed by atoms with van der Waals surface area (Å²) in [6, 6.07) is 2.63. The molecular formula is C15H19F3N2O5S. The number of alkyl halides is 3. The van der Waals surface area contributed by atoms with Crippen LogP contribution in [0.15, 0.2) is 29.2 Å². The van der Waals surface area contributed by atoms with Crippen LogP contribution in [0.2, 0.25) is 0 Å². The lowest BCUT2D eigenvalue weighted by molar-refractivity contribution is -0.145. The number of carbonyl (C=O) groups is 2. The van der Waals surface area contributed by atoms with Gasteiger partial charge in [-0.2, -0.15) is 13.2 Å². The van der Waals surface area contributed by atoms with Crippen molar-refractivity contribution in [3.05, 3.63) is 29.8 Å². The Morgan fingerprint density at radius 2 is 1.92 bits per heavy atom. The van der Waals surface area contributed by atoms with Gasteiger partial charge < -0.3 is 10.0 Å². The van der Waals surface area contributed by atoms with Crippen molar-refractivity contribution in [1.82, 2.24) is 9.62 Å². The number of carboxylic acids is 1. The first-order chi connectivity index (χ1) is 11.9.